The second-order valence-electron chi connectivity index (χ2n) is 3.97. The van der Waals surface area contributed by atoms with Crippen molar-refractivity contribution in [3.63, 3.8) is 0 Å². The normalized spacial score (nSPS) is 12.1. The second kappa shape index (κ2) is 7.30. The summed E-state index contributed by atoms with van der Waals surface area (Å²) in [5, 5.41) is 31.5. The van der Waals surface area contributed by atoms with Gasteiger partial charge in [0, 0.05) is 0 Å². The summed E-state index contributed by atoms with van der Waals surface area (Å²) < 4.78 is 9.63. The first kappa shape index (κ1) is 16.3. The number of hydrazone groups is 1. The molecule has 0 aliphatic carbocycles. The Bertz CT molecular complexity index is 834. The Labute approximate surface area is 132 Å². The molecule has 0 fully saturated rings. The van der Waals surface area contributed by atoms with E-state index in [2.05, 4.69) is 20.7 Å². The number of furan rings is 2. The zero-order valence-electron chi connectivity index (χ0n) is 11.7. The molecule has 24 heavy (non-hydrogen) atoms. The average Bonchev–Trinajstić information content (AvgIpc) is 3.16. The molecule has 2 rings (SSSR count). The fraction of sp³-hybridized carbons (Fsp3) is 0. The van der Waals surface area contributed by atoms with Crippen LogP contribution in [0.2, 0.25) is 0 Å². The fourth-order valence-corrected chi connectivity index (χ4v) is 1.35. The highest BCUT2D eigenvalue weighted by molar-refractivity contribution is 5.82. The third-order valence-electron chi connectivity index (χ3n) is 2.31. The second-order valence-corrected chi connectivity index (χ2v) is 3.97. The summed E-state index contributed by atoms with van der Waals surface area (Å²) in [5.41, 5.74) is 7.74. The molecule has 2 heterocycles. The van der Waals surface area contributed by atoms with Gasteiger partial charge in [0.2, 0.25) is 5.96 Å². The predicted octanol–water partition coefficient (Wildman–Crippen LogP) is 0.961. The number of nitrogens with one attached hydrogen (secondary N) is 1. The van der Waals surface area contributed by atoms with Crippen LogP contribution in [-0.4, -0.2) is 28.2 Å². The minimum Gasteiger partial charge on any atom is -0.400 e. The maximum absolute atomic E-state index is 10.4. The lowest BCUT2D eigenvalue weighted by molar-refractivity contribution is -0.402. The molecular formula is C11H9N7O6. The van der Waals surface area contributed by atoms with Gasteiger partial charge in [-0.15, -0.1) is 5.10 Å². The molecule has 0 amide bonds. The minimum atomic E-state index is -0.690. The number of hydrogen-bond donors (Lipinski definition) is 2. The van der Waals surface area contributed by atoms with Gasteiger partial charge < -0.3 is 14.6 Å². The number of nitrogens with two attached hydrogens (primary N) is 1. The Morgan fingerprint density at radius 1 is 1.04 bits per heavy atom. The molecule has 124 valence electrons. The van der Waals surface area contributed by atoms with Crippen molar-refractivity contribution in [1.29, 1.82) is 0 Å². The Morgan fingerprint density at radius 3 is 2.08 bits per heavy atom. The molecule has 0 radical (unpaired) electrons. The Kier molecular flexibility index (Phi) is 4.97. The minimum absolute atomic E-state index is 0.115. The summed E-state index contributed by atoms with van der Waals surface area (Å²) in [6.07, 6.45) is 2.26. The van der Waals surface area contributed by atoms with Crippen molar-refractivity contribution >= 4 is 30.2 Å². The Morgan fingerprint density at radius 2 is 1.58 bits per heavy atom. The van der Waals surface area contributed by atoms with Crippen molar-refractivity contribution in [1.82, 2.24) is 5.43 Å². The van der Waals surface area contributed by atoms with Crippen LogP contribution in [0.4, 0.5) is 11.8 Å². The van der Waals surface area contributed by atoms with Gasteiger partial charge in [-0.25, -0.2) is 5.43 Å². The Hall–Kier alpha value is -4.03. The van der Waals surface area contributed by atoms with E-state index in [1.807, 2.05) is 0 Å². The van der Waals surface area contributed by atoms with Crippen LogP contribution in [0.1, 0.15) is 11.5 Å². The molecule has 0 aliphatic rings. The SMILES string of the molecule is N/C(=N/N=C/c1ccc([N+](=O)[O-])o1)N/N=C\c1ccc([N+](=O)[O-])o1. The van der Waals surface area contributed by atoms with Crippen LogP contribution in [0.25, 0.3) is 0 Å². The molecule has 13 heteroatoms. The Balaban J connectivity index is 1.88. The van der Waals surface area contributed by atoms with Crippen molar-refractivity contribution in [2.24, 2.45) is 21.0 Å². The highest BCUT2D eigenvalue weighted by Gasteiger charge is 2.10. The summed E-state index contributed by atoms with van der Waals surface area (Å²) in [4.78, 5) is 19.5. The first-order chi connectivity index (χ1) is 11.5. The smallest absolute Gasteiger partial charge is 0.400 e. The molecule has 0 aliphatic heterocycles. The standard InChI is InChI=1S/C11H9N7O6/c12-11(15-13-5-7-1-3-9(23-7)17(19)20)16-14-6-8-2-4-10(24-8)18(21)22/h1-6H,(H3,12,15,16)/b13-5-,14-6+. The predicted molar refractivity (Wildman–Crippen MR) is 80.7 cm³/mol. The number of guanidine groups is 1. The molecular weight excluding hydrogens is 326 g/mol. The molecule has 13 nitrogen and oxygen atoms in total. The summed E-state index contributed by atoms with van der Waals surface area (Å²) >= 11 is 0. The lowest BCUT2D eigenvalue weighted by Crippen LogP contribution is -2.26. The molecule has 0 bridgehead atoms. The molecule has 0 saturated heterocycles. The average molecular weight is 335 g/mol. The number of nitrogens with zero attached hydrogens (tertiary/aromatic N) is 5. The largest absolute Gasteiger partial charge is 0.433 e. The van der Waals surface area contributed by atoms with Gasteiger partial charge >= 0.3 is 11.8 Å². The van der Waals surface area contributed by atoms with E-state index in [0.29, 0.717) is 0 Å². The van der Waals surface area contributed by atoms with Gasteiger partial charge in [-0.1, -0.05) is 0 Å². The van der Waals surface area contributed by atoms with Gasteiger partial charge in [-0.2, -0.15) is 10.2 Å². The summed E-state index contributed by atoms with van der Waals surface area (Å²) in [6.45, 7) is 0. The van der Waals surface area contributed by atoms with Gasteiger partial charge in [0.05, 0.1) is 24.6 Å². The van der Waals surface area contributed by atoms with E-state index < -0.39 is 21.6 Å². The van der Waals surface area contributed by atoms with Crippen LogP contribution in [0.5, 0.6) is 0 Å². The lowest BCUT2D eigenvalue weighted by Gasteiger charge is -1.94. The van der Waals surface area contributed by atoms with Gasteiger partial charge in [0.25, 0.3) is 0 Å². The van der Waals surface area contributed by atoms with Gasteiger partial charge in [-0.05, 0) is 12.1 Å². The van der Waals surface area contributed by atoms with Crippen molar-refractivity contribution in [2.45, 2.75) is 0 Å². The van der Waals surface area contributed by atoms with Crippen molar-refractivity contribution < 1.29 is 18.7 Å². The first-order valence-electron chi connectivity index (χ1n) is 6.10. The monoisotopic (exact) mass is 335 g/mol. The van der Waals surface area contributed by atoms with Crippen LogP contribution in [0.15, 0.2) is 48.4 Å². The topological polar surface area (TPSA) is 188 Å². The van der Waals surface area contributed by atoms with Crippen LogP contribution in [0.3, 0.4) is 0 Å². The zero-order valence-corrected chi connectivity index (χ0v) is 11.7. The van der Waals surface area contributed by atoms with E-state index in [-0.39, 0.29) is 17.5 Å². The summed E-state index contributed by atoms with van der Waals surface area (Å²) in [6, 6.07) is 5.02. The zero-order chi connectivity index (χ0) is 17.5. The number of hydrogen-bond acceptors (Lipinski definition) is 9. The molecule has 0 saturated carbocycles. The first-order valence-corrected chi connectivity index (χ1v) is 6.10. The molecule has 0 atom stereocenters. The molecule has 0 unspecified atom stereocenters. The summed E-state index contributed by atoms with van der Waals surface area (Å²) in [5.74, 6) is -0.804. The number of rotatable bonds is 6. The van der Waals surface area contributed by atoms with Gasteiger partial charge in [0.1, 0.15) is 9.85 Å². The fourth-order valence-electron chi connectivity index (χ4n) is 1.35. The van der Waals surface area contributed by atoms with E-state index in [4.69, 9.17) is 14.6 Å². The highest BCUT2D eigenvalue weighted by atomic mass is 16.7. The molecule has 3 N–H and O–H groups in total. The third kappa shape index (κ3) is 4.48. The number of nitro groups is 2. The van der Waals surface area contributed by atoms with Crippen LogP contribution < -0.4 is 11.2 Å². The van der Waals surface area contributed by atoms with E-state index in [1.165, 1.54) is 24.3 Å². The summed E-state index contributed by atoms with van der Waals surface area (Å²) in [7, 11) is 0. The maximum atomic E-state index is 10.4. The molecule has 2 aromatic rings. The lowest BCUT2D eigenvalue weighted by atomic mass is 10.5. The third-order valence-corrected chi connectivity index (χ3v) is 2.31. The van der Waals surface area contributed by atoms with Crippen molar-refractivity contribution in [3.05, 3.63) is 56.0 Å². The quantitative estimate of drug-likeness (QED) is 0.337. The van der Waals surface area contributed by atoms with Crippen LogP contribution >= 0.6 is 0 Å². The van der Waals surface area contributed by atoms with Gasteiger partial charge in [0.15, 0.2) is 11.5 Å². The molecule has 0 spiro atoms. The maximum Gasteiger partial charge on any atom is 0.433 e. The van der Waals surface area contributed by atoms with Gasteiger partial charge in [-0.3, -0.25) is 20.2 Å². The molecule has 2 aromatic heterocycles. The van der Waals surface area contributed by atoms with E-state index >= 15 is 0 Å². The van der Waals surface area contributed by atoms with E-state index in [1.54, 1.807) is 0 Å². The van der Waals surface area contributed by atoms with E-state index in [9.17, 15) is 20.2 Å². The van der Waals surface area contributed by atoms with Crippen molar-refractivity contribution in [2.75, 3.05) is 0 Å². The van der Waals surface area contributed by atoms with Crippen LogP contribution in [0, 0.1) is 20.2 Å². The molecule has 0 aromatic carbocycles. The van der Waals surface area contributed by atoms with Crippen molar-refractivity contribution in [3.8, 4) is 0 Å². The highest BCUT2D eigenvalue weighted by Crippen LogP contribution is 2.14. The van der Waals surface area contributed by atoms with E-state index in [0.717, 1.165) is 12.4 Å². The van der Waals surface area contributed by atoms with Crippen LogP contribution in [-0.2, 0) is 0 Å².